The molecule has 0 unspecified atom stereocenters. The van der Waals surface area contributed by atoms with Gasteiger partial charge >= 0.3 is 5.97 Å². The van der Waals surface area contributed by atoms with Gasteiger partial charge in [0.25, 0.3) is 0 Å². The Morgan fingerprint density at radius 1 is 1.26 bits per heavy atom. The lowest BCUT2D eigenvalue weighted by atomic mass is 9.98. The molecule has 0 bridgehead atoms. The zero-order chi connectivity index (χ0) is 13.7. The van der Waals surface area contributed by atoms with Crippen LogP contribution in [-0.4, -0.2) is 17.1 Å². The van der Waals surface area contributed by atoms with Crippen LogP contribution in [0.15, 0.2) is 47.6 Å². The van der Waals surface area contributed by atoms with Crippen molar-refractivity contribution in [2.75, 3.05) is 0 Å². The Balaban J connectivity index is 2.33. The van der Waals surface area contributed by atoms with Gasteiger partial charge in [0.2, 0.25) is 0 Å². The fourth-order valence-electron chi connectivity index (χ4n) is 2.15. The van der Waals surface area contributed by atoms with Crippen LogP contribution < -0.4 is 0 Å². The molecule has 0 radical (unpaired) electrons. The number of azide groups is 1. The van der Waals surface area contributed by atoms with E-state index in [2.05, 4.69) is 10.0 Å². The molecule has 0 aliphatic rings. The Hall–Kier alpha value is -2.52. The molecule has 0 fully saturated rings. The normalized spacial score (nSPS) is 11.8. The van der Waals surface area contributed by atoms with Crippen molar-refractivity contribution in [3.63, 3.8) is 0 Å². The van der Waals surface area contributed by atoms with Gasteiger partial charge in [-0.2, -0.15) is 0 Å². The molecule has 1 N–H and O–H groups in total. The first-order chi connectivity index (χ1) is 9.20. The van der Waals surface area contributed by atoms with Crippen molar-refractivity contribution in [2.45, 2.75) is 18.9 Å². The molecule has 5 nitrogen and oxygen atoms in total. The lowest BCUT2D eigenvalue weighted by Gasteiger charge is -2.11. The third kappa shape index (κ3) is 3.24. The van der Waals surface area contributed by atoms with E-state index in [1.54, 1.807) is 0 Å². The average molecular weight is 255 g/mol. The molecule has 96 valence electrons. The summed E-state index contributed by atoms with van der Waals surface area (Å²) in [4.78, 5) is 13.5. The Kier molecular flexibility index (Phi) is 4.00. The highest BCUT2D eigenvalue weighted by Gasteiger charge is 2.13. The molecule has 0 heterocycles. The van der Waals surface area contributed by atoms with E-state index in [1.807, 2.05) is 42.5 Å². The van der Waals surface area contributed by atoms with Crippen molar-refractivity contribution in [1.82, 2.24) is 0 Å². The first-order valence-corrected chi connectivity index (χ1v) is 5.93. The fourth-order valence-corrected chi connectivity index (χ4v) is 2.15. The number of nitrogens with zero attached hydrogens (tertiary/aromatic N) is 3. The maximum Gasteiger partial charge on any atom is 0.303 e. The second-order valence-corrected chi connectivity index (χ2v) is 4.30. The second kappa shape index (κ2) is 5.89. The number of hydrogen-bond donors (Lipinski definition) is 1. The van der Waals surface area contributed by atoms with E-state index in [9.17, 15) is 4.79 Å². The van der Waals surface area contributed by atoms with Gasteiger partial charge in [0.15, 0.2) is 0 Å². The summed E-state index contributed by atoms with van der Waals surface area (Å²) < 4.78 is 0. The maximum atomic E-state index is 10.8. The van der Waals surface area contributed by atoms with E-state index < -0.39 is 12.0 Å². The van der Waals surface area contributed by atoms with E-state index in [4.69, 9.17) is 10.6 Å². The van der Waals surface area contributed by atoms with Gasteiger partial charge in [-0.1, -0.05) is 47.6 Å². The molecule has 2 aromatic rings. The van der Waals surface area contributed by atoms with Gasteiger partial charge in [0, 0.05) is 4.91 Å². The number of carboxylic acids is 1. The molecule has 0 aromatic heterocycles. The molecule has 2 aromatic carbocycles. The lowest BCUT2D eigenvalue weighted by Crippen LogP contribution is -2.13. The van der Waals surface area contributed by atoms with Gasteiger partial charge in [0.05, 0.1) is 12.5 Å². The van der Waals surface area contributed by atoms with Crippen LogP contribution in [0.2, 0.25) is 0 Å². The van der Waals surface area contributed by atoms with E-state index in [1.165, 1.54) is 0 Å². The van der Waals surface area contributed by atoms with Crippen LogP contribution in [0, 0.1) is 0 Å². The monoisotopic (exact) mass is 255 g/mol. The van der Waals surface area contributed by atoms with Crippen LogP contribution in [0.3, 0.4) is 0 Å². The van der Waals surface area contributed by atoms with Gasteiger partial charge < -0.3 is 5.11 Å². The van der Waals surface area contributed by atoms with E-state index in [-0.39, 0.29) is 6.42 Å². The van der Waals surface area contributed by atoms with Crippen LogP contribution >= 0.6 is 0 Å². The summed E-state index contributed by atoms with van der Waals surface area (Å²) in [6, 6.07) is 13.2. The quantitative estimate of drug-likeness (QED) is 0.503. The fraction of sp³-hybridized carbons (Fsp3) is 0.214. The minimum absolute atomic E-state index is 0.159. The molecule has 2 rings (SSSR count). The van der Waals surface area contributed by atoms with Crippen molar-refractivity contribution in [1.29, 1.82) is 0 Å². The number of aliphatic carboxylic acids is 1. The van der Waals surface area contributed by atoms with E-state index in [0.717, 1.165) is 16.3 Å². The minimum Gasteiger partial charge on any atom is -0.481 e. The van der Waals surface area contributed by atoms with Gasteiger partial charge in [-0.05, 0) is 28.3 Å². The predicted octanol–water partition coefficient (Wildman–Crippen LogP) is 3.54. The highest BCUT2D eigenvalue weighted by molar-refractivity contribution is 5.85. The molecule has 19 heavy (non-hydrogen) atoms. The van der Waals surface area contributed by atoms with Crippen molar-refractivity contribution >= 4 is 16.7 Å². The predicted molar refractivity (Wildman–Crippen MR) is 72.8 cm³/mol. The smallest absolute Gasteiger partial charge is 0.303 e. The third-order valence-electron chi connectivity index (χ3n) is 2.96. The molecule has 1 atom stereocenters. The summed E-state index contributed by atoms with van der Waals surface area (Å²) in [5.41, 5.74) is 9.50. The molecule has 5 heteroatoms. The zero-order valence-corrected chi connectivity index (χ0v) is 10.2. The Morgan fingerprint density at radius 3 is 2.74 bits per heavy atom. The molecule has 0 saturated carbocycles. The summed E-state index contributed by atoms with van der Waals surface area (Å²) >= 11 is 0. The standard InChI is InChI=1S/C14H13N3O2/c15-17-16-12(9-14(18)19)8-11-6-3-5-10-4-1-2-7-13(10)11/h1-7,12H,8-9H2,(H,18,19)/t12-/m1/s1. The molecular formula is C14H13N3O2. The summed E-state index contributed by atoms with van der Waals surface area (Å²) in [7, 11) is 0. The molecule has 0 saturated heterocycles. The minimum atomic E-state index is -0.961. The van der Waals surface area contributed by atoms with Crippen molar-refractivity contribution in [2.24, 2.45) is 5.11 Å². The summed E-state index contributed by atoms with van der Waals surface area (Å²) in [6.45, 7) is 0. The number of hydrogen-bond acceptors (Lipinski definition) is 2. The Bertz CT molecular complexity index is 643. The molecule has 0 spiro atoms. The number of rotatable bonds is 5. The molecule has 0 aliphatic carbocycles. The lowest BCUT2D eigenvalue weighted by molar-refractivity contribution is -0.137. The Morgan fingerprint density at radius 2 is 2.00 bits per heavy atom. The first kappa shape index (κ1) is 12.9. The number of fused-ring (bicyclic) bond motifs is 1. The van der Waals surface area contributed by atoms with Crippen molar-refractivity contribution in [3.8, 4) is 0 Å². The van der Waals surface area contributed by atoms with E-state index >= 15 is 0 Å². The average Bonchev–Trinajstić information content (AvgIpc) is 2.39. The van der Waals surface area contributed by atoms with Gasteiger partial charge in [-0.3, -0.25) is 4.79 Å². The molecule has 0 aliphatic heterocycles. The maximum absolute atomic E-state index is 10.8. The number of benzene rings is 2. The topological polar surface area (TPSA) is 86.1 Å². The van der Waals surface area contributed by atoms with Crippen LogP contribution in [0.1, 0.15) is 12.0 Å². The third-order valence-corrected chi connectivity index (χ3v) is 2.96. The highest BCUT2D eigenvalue weighted by atomic mass is 16.4. The SMILES string of the molecule is [N-]=[N+]=N[C@@H](CC(=O)O)Cc1cccc2ccccc12. The summed E-state index contributed by atoms with van der Waals surface area (Å²) in [5.74, 6) is -0.961. The van der Waals surface area contributed by atoms with Gasteiger partial charge in [0.1, 0.15) is 0 Å². The van der Waals surface area contributed by atoms with Crippen LogP contribution in [0.25, 0.3) is 21.2 Å². The van der Waals surface area contributed by atoms with Crippen LogP contribution in [0.4, 0.5) is 0 Å². The summed E-state index contributed by atoms with van der Waals surface area (Å²) in [5, 5.41) is 14.5. The van der Waals surface area contributed by atoms with Crippen molar-refractivity contribution in [3.05, 3.63) is 58.5 Å². The van der Waals surface area contributed by atoms with Crippen LogP contribution in [-0.2, 0) is 11.2 Å². The van der Waals surface area contributed by atoms with Crippen LogP contribution in [0.5, 0.6) is 0 Å². The first-order valence-electron chi connectivity index (χ1n) is 5.93. The van der Waals surface area contributed by atoms with Gasteiger partial charge in [-0.25, -0.2) is 0 Å². The number of carbonyl (C=O) groups is 1. The Labute approximate surface area is 110 Å². The molecule has 0 amide bonds. The van der Waals surface area contributed by atoms with E-state index in [0.29, 0.717) is 6.42 Å². The number of carboxylic acid groups (broad SMARTS) is 1. The van der Waals surface area contributed by atoms with Gasteiger partial charge in [-0.15, -0.1) is 0 Å². The largest absolute Gasteiger partial charge is 0.481 e. The van der Waals surface area contributed by atoms with Crippen molar-refractivity contribution < 1.29 is 9.90 Å². The second-order valence-electron chi connectivity index (χ2n) is 4.30. The summed E-state index contributed by atoms with van der Waals surface area (Å²) in [6.07, 6.45) is 0.269. The zero-order valence-electron chi connectivity index (χ0n) is 10.2. The highest BCUT2D eigenvalue weighted by Crippen LogP contribution is 2.21. The molecular weight excluding hydrogens is 242 g/mol.